The molecular formula is C19H16N2O2S. The molecule has 1 aliphatic rings. The van der Waals surface area contributed by atoms with E-state index in [1.807, 2.05) is 91.0 Å². The van der Waals surface area contributed by atoms with E-state index in [-0.39, 0.29) is 6.17 Å². The molecule has 4 rings (SSSR count). The summed E-state index contributed by atoms with van der Waals surface area (Å²) in [6.07, 6.45) is -0.308. The van der Waals surface area contributed by atoms with Gasteiger partial charge in [0.2, 0.25) is 0 Å². The van der Waals surface area contributed by atoms with E-state index in [0.29, 0.717) is 0 Å². The van der Waals surface area contributed by atoms with Crippen LogP contribution in [0.4, 0.5) is 11.4 Å². The van der Waals surface area contributed by atoms with Crippen LogP contribution in [0.2, 0.25) is 0 Å². The molecule has 0 aromatic heterocycles. The summed E-state index contributed by atoms with van der Waals surface area (Å²) in [4.78, 5) is 0. The first-order chi connectivity index (χ1) is 11.8. The van der Waals surface area contributed by atoms with Gasteiger partial charge in [0, 0.05) is 0 Å². The Balaban J connectivity index is 1.83. The van der Waals surface area contributed by atoms with Crippen molar-refractivity contribution in [3.63, 3.8) is 0 Å². The Kier molecular flexibility index (Phi) is 4.02. The summed E-state index contributed by atoms with van der Waals surface area (Å²) in [6, 6.07) is 29.3. The highest BCUT2D eigenvalue weighted by molar-refractivity contribution is 7.82. The van der Waals surface area contributed by atoms with E-state index < -0.39 is 11.3 Å². The molecule has 0 saturated carbocycles. The van der Waals surface area contributed by atoms with Gasteiger partial charge in [-0.25, -0.2) is 13.6 Å². The Hall–Kier alpha value is -2.63. The quantitative estimate of drug-likeness (QED) is 0.718. The molecule has 0 aliphatic carbocycles. The molecular weight excluding hydrogens is 320 g/mol. The summed E-state index contributed by atoms with van der Waals surface area (Å²) in [5.74, 6) is 0. The van der Waals surface area contributed by atoms with Gasteiger partial charge < -0.3 is 0 Å². The van der Waals surface area contributed by atoms with Crippen LogP contribution in [0.1, 0.15) is 11.7 Å². The summed E-state index contributed by atoms with van der Waals surface area (Å²) in [5.41, 5.74) is 2.72. The molecule has 3 aromatic carbocycles. The third kappa shape index (κ3) is 2.68. The van der Waals surface area contributed by atoms with Crippen LogP contribution < -0.4 is 9.37 Å². The summed E-state index contributed by atoms with van der Waals surface area (Å²) < 4.78 is 20.2. The summed E-state index contributed by atoms with van der Waals surface area (Å²) in [7, 11) is 0. The summed E-state index contributed by atoms with van der Waals surface area (Å²) in [5, 5.41) is 1.71. The number of hydrogen-bond acceptors (Lipinski definition) is 3. The lowest BCUT2D eigenvalue weighted by Gasteiger charge is -2.27. The third-order valence-electron chi connectivity index (χ3n) is 3.87. The molecule has 5 heteroatoms. The van der Waals surface area contributed by atoms with Gasteiger partial charge in [-0.05, 0) is 29.8 Å². The average Bonchev–Trinajstić information content (AvgIpc) is 3.01. The molecule has 4 nitrogen and oxygen atoms in total. The Morgan fingerprint density at radius 1 is 0.708 bits per heavy atom. The van der Waals surface area contributed by atoms with Crippen LogP contribution in [-0.2, 0) is 15.6 Å². The van der Waals surface area contributed by atoms with E-state index in [1.54, 1.807) is 9.37 Å². The number of anilines is 2. The molecule has 0 radical (unpaired) electrons. The highest BCUT2D eigenvalue weighted by atomic mass is 32.2. The molecule has 1 heterocycles. The minimum absolute atomic E-state index is 0.308. The van der Waals surface area contributed by atoms with Crippen molar-refractivity contribution in [3.05, 3.63) is 96.6 Å². The normalized spacial score (nSPS) is 20.3. The van der Waals surface area contributed by atoms with E-state index in [4.69, 9.17) is 4.28 Å². The molecule has 0 N–H and O–H groups in total. The zero-order valence-corrected chi connectivity index (χ0v) is 13.7. The fourth-order valence-electron chi connectivity index (χ4n) is 2.78. The Bertz CT molecular complexity index is 828. The summed E-state index contributed by atoms with van der Waals surface area (Å²) >= 11 is -1.61. The highest BCUT2D eigenvalue weighted by Crippen LogP contribution is 2.40. The minimum Gasteiger partial charge on any atom is -0.239 e. The van der Waals surface area contributed by atoms with Gasteiger partial charge in [-0.1, -0.05) is 66.7 Å². The maximum atomic E-state index is 12.7. The van der Waals surface area contributed by atoms with Crippen LogP contribution in [0.3, 0.4) is 0 Å². The predicted molar refractivity (Wildman–Crippen MR) is 96.3 cm³/mol. The molecule has 1 fully saturated rings. The molecule has 0 bridgehead atoms. The standard InChI is InChI=1S/C19H16N2O2S/c22-24-21(18-14-8-3-9-15-18)19(16-10-4-1-5-11-16)20(23-24)17-12-6-2-7-13-17/h1-15,19H/t19-,24-/m1/s1. The van der Waals surface area contributed by atoms with E-state index in [0.717, 1.165) is 16.9 Å². The molecule has 0 amide bonds. The monoisotopic (exact) mass is 336 g/mol. The van der Waals surface area contributed by atoms with Crippen molar-refractivity contribution in [2.45, 2.75) is 6.17 Å². The number of rotatable bonds is 3. The van der Waals surface area contributed by atoms with Crippen molar-refractivity contribution in [1.29, 1.82) is 0 Å². The maximum Gasteiger partial charge on any atom is 0.289 e. The van der Waals surface area contributed by atoms with Gasteiger partial charge >= 0.3 is 0 Å². The predicted octanol–water partition coefficient (Wildman–Crippen LogP) is 4.22. The van der Waals surface area contributed by atoms with E-state index in [2.05, 4.69) is 0 Å². The van der Waals surface area contributed by atoms with E-state index in [9.17, 15) is 4.21 Å². The van der Waals surface area contributed by atoms with Gasteiger partial charge in [-0.3, -0.25) is 0 Å². The van der Waals surface area contributed by atoms with Crippen LogP contribution in [0.15, 0.2) is 91.0 Å². The fraction of sp³-hybridized carbons (Fsp3) is 0.0526. The summed E-state index contributed by atoms with van der Waals surface area (Å²) in [6.45, 7) is 0. The second-order valence-electron chi connectivity index (χ2n) is 5.40. The van der Waals surface area contributed by atoms with Gasteiger partial charge in [0.25, 0.3) is 11.3 Å². The van der Waals surface area contributed by atoms with Gasteiger partial charge in [0.15, 0.2) is 6.17 Å². The lowest BCUT2D eigenvalue weighted by Crippen LogP contribution is -2.30. The molecule has 2 atom stereocenters. The average molecular weight is 336 g/mol. The van der Waals surface area contributed by atoms with Crippen molar-refractivity contribution < 1.29 is 8.49 Å². The lowest BCUT2D eigenvalue weighted by molar-refractivity contribution is 0.309. The van der Waals surface area contributed by atoms with Gasteiger partial charge in [-0.15, -0.1) is 4.28 Å². The molecule has 0 spiro atoms. The third-order valence-corrected chi connectivity index (χ3v) is 4.89. The second-order valence-corrected chi connectivity index (χ2v) is 6.38. The lowest BCUT2D eigenvalue weighted by atomic mass is 10.1. The van der Waals surface area contributed by atoms with Crippen LogP contribution in [-0.4, -0.2) is 4.21 Å². The molecule has 3 aromatic rings. The first kappa shape index (κ1) is 14.9. The molecule has 1 saturated heterocycles. The van der Waals surface area contributed by atoms with Gasteiger partial charge in [-0.2, -0.15) is 0 Å². The first-order valence-corrected chi connectivity index (χ1v) is 8.71. The largest absolute Gasteiger partial charge is 0.289 e. The topological polar surface area (TPSA) is 32.8 Å². The van der Waals surface area contributed by atoms with E-state index in [1.165, 1.54) is 0 Å². The van der Waals surface area contributed by atoms with Gasteiger partial charge in [0.05, 0.1) is 11.4 Å². The van der Waals surface area contributed by atoms with Gasteiger partial charge in [0.1, 0.15) is 0 Å². The first-order valence-electron chi connectivity index (χ1n) is 7.68. The molecule has 120 valence electrons. The number of benzene rings is 3. The SMILES string of the molecule is O=[S@@]1ON(c2ccccc2)[C@@H](c2ccccc2)N1c1ccccc1. The zero-order valence-electron chi connectivity index (χ0n) is 12.9. The van der Waals surface area contributed by atoms with Crippen molar-refractivity contribution in [1.82, 2.24) is 0 Å². The number of para-hydroxylation sites is 2. The second kappa shape index (κ2) is 6.47. The van der Waals surface area contributed by atoms with Crippen molar-refractivity contribution in [2.75, 3.05) is 9.37 Å². The van der Waals surface area contributed by atoms with Crippen molar-refractivity contribution >= 4 is 22.6 Å². The van der Waals surface area contributed by atoms with Crippen LogP contribution in [0.25, 0.3) is 0 Å². The van der Waals surface area contributed by atoms with Crippen LogP contribution in [0.5, 0.6) is 0 Å². The molecule has 0 unspecified atom stereocenters. The fourth-order valence-corrected chi connectivity index (χ4v) is 3.82. The van der Waals surface area contributed by atoms with E-state index >= 15 is 0 Å². The minimum atomic E-state index is -1.61. The van der Waals surface area contributed by atoms with Crippen molar-refractivity contribution in [3.8, 4) is 0 Å². The zero-order chi connectivity index (χ0) is 16.4. The molecule has 24 heavy (non-hydrogen) atoms. The van der Waals surface area contributed by atoms with Crippen molar-refractivity contribution in [2.24, 2.45) is 0 Å². The smallest absolute Gasteiger partial charge is 0.239 e. The Labute approximate surface area is 143 Å². The number of hydrogen-bond donors (Lipinski definition) is 0. The Morgan fingerprint density at radius 3 is 1.79 bits per heavy atom. The van der Waals surface area contributed by atoms with Crippen LogP contribution in [0, 0.1) is 0 Å². The molecule has 1 aliphatic heterocycles. The maximum absolute atomic E-state index is 12.7. The number of nitrogens with zero attached hydrogens (tertiary/aromatic N) is 2. The Morgan fingerprint density at radius 2 is 1.21 bits per heavy atom. The highest BCUT2D eigenvalue weighted by Gasteiger charge is 2.41. The van der Waals surface area contributed by atoms with Crippen LogP contribution >= 0.6 is 0 Å². The number of hydroxylamine groups is 1.